The lowest BCUT2D eigenvalue weighted by molar-refractivity contribution is 0.770. The molecular formula is C68H80N24. The molecule has 0 bridgehead atoms. The Bertz CT molecular complexity index is 5110. The Labute approximate surface area is 533 Å². The Hall–Kier alpha value is -11.0. The number of fused-ring (bicyclic) bond motifs is 8. The van der Waals surface area contributed by atoms with Crippen LogP contribution < -0.4 is 0 Å². The van der Waals surface area contributed by atoms with Crippen LogP contribution in [0.1, 0.15) is 113 Å². The van der Waals surface area contributed by atoms with Gasteiger partial charge in [0, 0.05) is 64.5 Å². The summed E-state index contributed by atoms with van der Waals surface area (Å²) in [6, 6.07) is 4.29. The zero-order valence-corrected chi connectivity index (χ0v) is 56.3. The standard InChI is InChI=1S/C11H14N2.C10H12N2.2C9H11N3.2C8H9N3.C7H8N4.C6H6N4/c1-7-5-12-6-11-9(3)8(2)10(4)13(7)11;1-7-4-8(2)12-9(3)5-11-6-10(7)12;1-6-7(2)9-4-10-5-11-12(9)8(6)3;1-6-4-10-5-9-7(2)8(3)11-12(6)9;1-6-3-10-11-7(2)4-9-5-8(6)11;1-6-3-7(2)11-8(6)4-9-5-10-11;1-5-6(2)10-11-7(5)3-8-4-9-11;1-5-2-8-10-6(5)3-7-4-9-10/h5-6H,1-4H3;4-6H,1-3H3;2*4-5H,1-3H3;2*3-5H,1-2H3;3-4H,1-2H3;2-4H,1H3. The predicted molar refractivity (Wildman–Crippen MR) is 359 cm³/mol. The summed E-state index contributed by atoms with van der Waals surface area (Å²) in [6.07, 6.45) is 31.8. The van der Waals surface area contributed by atoms with Crippen LogP contribution in [0.3, 0.4) is 0 Å². The van der Waals surface area contributed by atoms with Crippen LogP contribution in [0.15, 0.2) is 124 Å². The number of aromatic nitrogens is 24. The van der Waals surface area contributed by atoms with E-state index in [2.05, 4.69) is 185 Å². The van der Waals surface area contributed by atoms with E-state index in [0.29, 0.717) is 0 Å². The second kappa shape index (κ2) is 28.2. The van der Waals surface area contributed by atoms with Gasteiger partial charge in [-0.3, -0.25) is 19.9 Å². The van der Waals surface area contributed by atoms with Crippen molar-refractivity contribution in [3.8, 4) is 0 Å². The van der Waals surface area contributed by atoms with E-state index in [9.17, 15) is 0 Å². The molecule has 0 atom stereocenters. The highest BCUT2D eigenvalue weighted by atomic mass is 15.4. The number of aryl methyl sites for hydroxylation is 18. The number of hydrogen-bond donors (Lipinski definition) is 0. The monoisotopic (exact) mass is 1230 g/mol. The third-order valence-electron chi connectivity index (χ3n) is 16.6. The summed E-state index contributed by atoms with van der Waals surface area (Å²) in [5, 5.41) is 32.9. The summed E-state index contributed by atoms with van der Waals surface area (Å²) in [7, 11) is 0. The lowest BCUT2D eigenvalue weighted by Gasteiger charge is -2.01. The van der Waals surface area contributed by atoms with Crippen LogP contribution in [0, 0.1) is 138 Å². The van der Waals surface area contributed by atoms with Gasteiger partial charge in [-0.1, -0.05) is 0 Å². The summed E-state index contributed by atoms with van der Waals surface area (Å²) in [5.41, 5.74) is 32.8. The lowest BCUT2D eigenvalue weighted by atomic mass is 10.2. The first-order valence-electron chi connectivity index (χ1n) is 30.0. The Morgan fingerprint density at radius 3 is 1.23 bits per heavy atom. The molecule has 472 valence electrons. The maximum atomic E-state index is 4.39. The largest absolute Gasteiger partial charge is 0.315 e. The van der Waals surface area contributed by atoms with Crippen LogP contribution in [-0.2, 0) is 0 Å². The Morgan fingerprint density at radius 2 is 0.641 bits per heavy atom. The normalized spacial score (nSPS) is 10.8. The minimum Gasteiger partial charge on any atom is -0.315 e. The molecule has 92 heavy (non-hydrogen) atoms. The number of hydrogen-bond acceptors (Lipinski definition) is 16. The van der Waals surface area contributed by atoms with Crippen molar-refractivity contribution in [2.24, 2.45) is 0 Å². The predicted octanol–water partition coefficient (Wildman–Crippen LogP) is 12.0. The average Bonchev–Trinajstić information content (AvgIpc) is 2.53. The van der Waals surface area contributed by atoms with Crippen LogP contribution in [0.5, 0.6) is 0 Å². The van der Waals surface area contributed by atoms with E-state index in [1.165, 1.54) is 96.7 Å². The molecule has 0 saturated heterocycles. The molecule has 0 spiro atoms. The van der Waals surface area contributed by atoms with Gasteiger partial charge in [-0.2, -0.15) is 30.6 Å². The Kier molecular flexibility index (Phi) is 20.0. The summed E-state index contributed by atoms with van der Waals surface area (Å²) in [5.74, 6) is 0. The van der Waals surface area contributed by atoms with Gasteiger partial charge in [0.15, 0.2) is 0 Å². The molecule has 16 aromatic heterocycles. The summed E-state index contributed by atoms with van der Waals surface area (Å²) < 4.78 is 15.3. The van der Waals surface area contributed by atoms with Gasteiger partial charge in [-0.25, -0.2) is 38.0 Å². The van der Waals surface area contributed by atoms with Gasteiger partial charge in [0.2, 0.25) is 0 Å². The molecule has 0 amide bonds. The Morgan fingerprint density at radius 1 is 0.228 bits per heavy atom. The highest BCUT2D eigenvalue weighted by molar-refractivity contribution is 5.61. The molecule has 0 aromatic carbocycles. The molecule has 0 aliphatic carbocycles. The topological polar surface area (TPSA) is 242 Å². The summed E-state index contributed by atoms with van der Waals surface area (Å²) >= 11 is 0. The first-order valence-corrected chi connectivity index (χ1v) is 30.0. The summed E-state index contributed by atoms with van der Waals surface area (Å²) in [6.45, 7) is 41.3. The molecule has 0 aliphatic rings. The SMILES string of the molecule is Cc1c(C)c2cncc(C)n2c1C.Cc1c(C)c2cncnn2c1C.Cc1cc(C)n2c(C)cncc12.Cc1cc(C)n2ncncc12.Cc1cnn2c(C)cncc12.Cc1cnn2ncncc12.Cc1nn2c(C)cncc2c1C.Cc1nn2ncncc2c1C. The molecule has 16 rings (SSSR count). The van der Waals surface area contributed by atoms with Crippen molar-refractivity contribution in [2.45, 2.75) is 138 Å². The fourth-order valence-corrected chi connectivity index (χ4v) is 10.7. The Balaban J connectivity index is 0.000000124. The maximum Gasteiger partial charge on any atom is 0.138 e. The number of rotatable bonds is 0. The zero-order chi connectivity index (χ0) is 66.2. The fourth-order valence-electron chi connectivity index (χ4n) is 10.7. The molecule has 24 nitrogen and oxygen atoms in total. The summed E-state index contributed by atoms with van der Waals surface area (Å²) in [4.78, 5) is 32.3. The van der Waals surface area contributed by atoms with E-state index in [-0.39, 0.29) is 0 Å². The van der Waals surface area contributed by atoms with Crippen LogP contribution in [0.4, 0.5) is 0 Å². The van der Waals surface area contributed by atoms with Crippen LogP contribution in [0.25, 0.3) is 44.1 Å². The van der Waals surface area contributed by atoms with Gasteiger partial charge in [-0.15, -0.1) is 19.5 Å². The quantitative estimate of drug-likeness (QED) is 0.137. The van der Waals surface area contributed by atoms with Gasteiger partial charge in [0.05, 0.1) is 118 Å². The first kappa shape index (κ1) is 65.4. The third-order valence-corrected chi connectivity index (χ3v) is 16.6. The first-order chi connectivity index (χ1) is 44.0. The minimum atomic E-state index is 0.961. The van der Waals surface area contributed by atoms with Crippen molar-refractivity contribution >= 4 is 44.1 Å². The second-order valence-corrected chi connectivity index (χ2v) is 22.9. The molecule has 16 heterocycles. The van der Waals surface area contributed by atoms with Gasteiger partial charge >= 0.3 is 0 Å². The van der Waals surface area contributed by atoms with E-state index in [1.54, 1.807) is 46.7 Å². The molecule has 0 radical (unpaired) electrons. The molecule has 16 aromatic rings. The highest BCUT2D eigenvalue weighted by Gasteiger charge is 2.12. The molecule has 0 saturated carbocycles. The molecule has 0 unspecified atom stereocenters. The van der Waals surface area contributed by atoms with E-state index in [1.807, 2.05) is 135 Å². The van der Waals surface area contributed by atoms with Crippen molar-refractivity contribution in [3.05, 3.63) is 237 Å². The van der Waals surface area contributed by atoms with E-state index < -0.39 is 0 Å². The molecule has 24 heteroatoms. The van der Waals surface area contributed by atoms with Crippen LogP contribution in [0.2, 0.25) is 0 Å². The van der Waals surface area contributed by atoms with Crippen molar-refractivity contribution < 1.29 is 0 Å². The van der Waals surface area contributed by atoms with E-state index >= 15 is 0 Å². The van der Waals surface area contributed by atoms with Crippen LogP contribution in [-0.4, -0.2) is 117 Å². The van der Waals surface area contributed by atoms with Crippen molar-refractivity contribution in [1.29, 1.82) is 0 Å². The zero-order valence-electron chi connectivity index (χ0n) is 56.3. The van der Waals surface area contributed by atoms with E-state index in [4.69, 9.17) is 0 Å². The van der Waals surface area contributed by atoms with Crippen molar-refractivity contribution in [3.63, 3.8) is 0 Å². The molecule has 0 N–H and O–H groups in total. The number of nitrogens with zero attached hydrogens (tertiary/aromatic N) is 24. The smallest absolute Gasteiger partial charge is 0.138 e. The minimum absolute atomic E-state index is 0.961. The highest BCUT2D eigenvalue weighted by Crippen LogP contribution is 2.23. The second-order valence-electron chi connectivity index (χ2n) is 22.9. The van der Waals surface area contributed by atoms with Gasteiger partial charge < -0.3 is 8.80 Å². The third kappa shape index (κ3) is 13.7. The van der Waals surface area contributed by atoms with Gasteiger partial charge in [-0.05, 0) is 201 Å². The average molecular weight is 1230 g/mol. The molecule has 0 aliphatic heterocycles. The molecule has 0 fully saturated rings. The maximum absolute atomic E-state index is 4.39. The fraction of sp³-hybridized carbons (Fsp3) is 0.294. The molecular weight excluding hydrogens is 1150 g/mol. The van der Waals surface area contributed by atoms with Gasteiger partial charge in [0.25, 0.3) is 0 Å². The van der Waals surface area contributed by atoms with Crippen molar-refractivity contribution in [1.82, 2.24) is 117 Å². The van der Waals surface area contributed by atoms with Crippen LogP contribution >= 0.6 is 0 Å². The van der Waals surface area contributed by atoms with Gasteiger partial charge in [0.1, 0.15) is 36.3 Å². The lowest BCUT2D eigenvalue weighted by Crippen LogP contribution is -1.93. The van der Waals surface area contributed by atoms with E-state index in [0.717, 1.165) is 72.7 Å². The van der Waals surface area contributed by atoms with Crippen molar-refractivity contribution in [2.75, 3.05) is 0 Å².